The third-order valence-electron chi connectivity index (χ3n) is 4.29. The van der Waals surface area contributed by atoms with Crippen LogP contribution in [0.25, 0.3) is 11.4 Å². The maximum atomic E-state index is 12.4. The summed E-state index contributed by atoms with van der Waals surface area (Å²) in [5.74, 6) is 0.869. The van der Waals surface area contributed by atoms with Gasteiger partial charge in [0, 0.05) is 18.3 Å². The van der Waals surface area contributed by atoms with E-state index in [2.05, 4.69) is 22.4 Å². The Kier molecular flexibility index (Phi) is 6.19. The number of benzene rings is 2. The highest BCUT2D eigenvalue weighted by Gasteiger charge is 2.15. The number of aromatic nitrogens is 3. The third kappa shape index (κ3) is 4.34. The summed E-state index contributed by atoms with van der Waals surface area (Å²) in [6.45, 7) is 4.08. The molecule has 5 nitrogen and oxygen atoms in total. The second kappa shape index (κ2) is 8.59. The number of amides is 1. The molecule has 0 aliphatic carbocycles. The molecule has 1 heterocycles. The van der Waals surface area contributed by atoms with Gasteiger partial charge in [-0.05, 0) is 36.6 Å². The molecule has 0 radical (unpaired) electrons. The van der Waals surface area contributed by atoms with Crippen molar-refractivity contribution in [3.63, 3.8) is 0 Å². The van der Waals surface area contributed by atoms with Crippen molar-refractivity contribution in [3.8, 4) is 11.4 Å². The van der Waals surface area contributed by atoms with Gasteiger partial charge in [0.05, 0.1) is 10.8 Å². The number of anilines is 1. The fourth-order valence-corrected chi connectivity index (χ4v) is 3.76. The fraction of sp³-hybridized carbons (Fsp3) is 0.250. The Morgan fingerprint density at radius 2 is 1.96 bits per heavy atom. The van der Waals surface area contributed by atoms with Crippen molar-refractivity contribution in [3.05, 3.63) is 58.6 Å². The van der Waals surface area contributed by atoms with Gasteiger partial charge in [0.2, 0.25) is 5.91 Å². The number of carbonyl (C=O) groups is 1. The number of thioether (sulfide) groups is 1. The maximum Gasteiger partial charge on any atom is 0.234 e. The molecule has 0 aliphatic heterocycles. The van der Waals surface area contributed by atoms with Crippen LogP contribution in [0.2, 0.25) is 5.02 Å². The molecule has 0 unspecified atom stereocenters. The average Bonchev–Trinajstić information content (AvgIpc) is 3.02. The Morgan fingerprint density at radius 3 is 2.70 bits per heavy atom. The van der Waals surface area contributed by atoms with Gasteiger partial charge in [0.25, 0.3) is 0 Å². The number of halogens is 1. The van der Waals surface area contributed by atoms with Crippen LogP contribution in [-0.4, -0.2) is 26.4 Å². The van der Waals surface area contributed by atoms with Gasteiger partial charge in [-0.25, -0.2) is 0 Å². The van der Waals surface area contributed by atoms with Gasteiger partial charge >= 0.3 is 0 Å². The smallest absolute Gasteiger partial charge is 0.234 e. The van der Waals surface area contributed by atoms with E-state index in [-0.39, 0.29) is 11.7 Å². The lowest BCUT2D eigenvalue weighted by Crippen LogP contribution is -2.16. The monoisotopic (exact) mass is 400 g/mol. The molecule has 140 valence electrons. The zero-order valence-corrected chi connectivity index (χ0v) is 17.1. The van der Waals surface area contributed by atoms with Crippen molar-refractivity contribution in [1.29, 1.82) is 0 Å². The molecule has 1 amide bonds. The highest BCUT2D eigenvalue weighted by molar-refractivity contribution is 7.99. The first kappa shape index (κ1) is 19.5. The van der Waals surface area contributed by atoms with Crippen LogP contribution in [0.4, 0.5) is 5.69 Å². The quantitative estimate of drug-likeness (QED) is 0.607. The lowest BCUT2D eigenvalue weighted by atomic mass is 10.1. The van der Waals surface area contributed by atoms with E-state index in [4.69, 9.17) is 11.6 Å². The van der Waals surface area contributed by atoms with Gasteiger partial charge in [0.1, 0.15) is 0 Å². The van der Waals surface area contributed by atoms with Gasteiger partial charge < -0.3 is 9.88 Å². The van der Waals surface area contributed by atoms with Gasteiger partial charge in [0.15, 0.2) is 11.0 Å². The average molecular weight is 401 g/mol. The van der Waals surface area contributed by atoms with E-state index in [0.717, 1.165) is 28.8 Å². The molecule has 0 saturated carbocycles. The van der Waals surface area contributed by atoms with E-state index in [0.29, 0.717) is 16.0 Å². The molecule has 0 saturated heterocycles. The third-order valence-corrected chi connectivity index (χ3v) is 5.64. The normalized spacial score (nSPS) is 10.8. The van der Waals surface area contributed by atoms with Crippen molar-refractivity contribution < 1.29 is 4.79 Å². The number of carbonyl (C=O) groups excluding carboxylic acids is 1. The molecule has 3 rings (SSSR count). The van der Waals surface area contributed by atoms with Crippen molar-refractivity contribution in [2.75, 3.05) is 11.1 Å². The first-order chi connectivity index (χ1) is 13.0. The summed E-state index contributed by atoms with van der Waals surface area (Å²) in [4.78, 5) is 12.4. The van der Waals surface area contributed by atoms with Crippen molar-refractivity contribution >= 4 is 35.0 Å². The molecule has 0 spiro atoms. The number of rotatable bonds is 6. The molecule has 0 atom stereocenters. The van der Waals surface area contributed by atoms with Crippen molar-refractivity contribution in [1.82, 2.24) is 14.8 Å². The summed E-state index contributed by atoms with van der Waals surface area (Å²) >= 11 is 7.60. The van der Waals surface area contributed by atoms with Crippen molar-refractivity contribution in [2.45, 2.75) is 25.4 Å². The first-order valence-electron chi connectivity index (χ1n) is 8.66. The minimum atomic E-state index is -0.0636. The van der Waals surface area contributed by atoms with Crippen LogP contribution in [-0.2, 0) is 18.3 Å². The van der Waals surface area contributed by atoms with Crippen LogP contribution >= 0.6 is 23.4 Å². The molecular weight excluding hydrogens is 380 g/mol. The number of hydrogen-bond donors (Lipinski definition) is 1. The minimum absolute atomic E-state index is 0.0636. The molecular formula is C20H21ClN4OS. The maximum absolute atomic E-state index is 12.4. The van der Waals surface area contributed by atoms with E-state index < -0.39 is 0 Å². The molecule has 1 N–H and O–H groups in total. The van der Waals surface area contributed by atoms with E-state index in [9.17, 15) is 4.79 Å². The molecule has 0 fully saturated rings. The van der Waals surface area contributed by atoms with Gasteiger partial charge in [-0.3, -0.25) is 4.79 Å². The van der Waals surface area contributed by atoms with Crippen LogP contribution in [0, 0.1) is 6.92 Å². The number of nitrogens with zero attached hydrogens (tertiary/aromatic N) is 3. The standard InChI is InChI=1S/C20H21ClN4OS/c1-4-14-9-7-8-13(2)18(14)22-17(26)12-27-20-24-23-19(25(20)3)15-10-5-6-11-16(15)21/h5-11H,4,12H2,1-3H3,(H,22,26). The van der Waals surface area contributed by atoms with E-state index in [1.807, 2.05) is 61.0 Å². The Morgan fingerprint density at radius 1 is 1.19 bits per heavy atom. The Bertz CT molecular complexity index is 970. The topological polar surface area (TPSA) is 59.8 Å². The molecule has 27 heavy (non-hydrogen) atoms. The van der Waals surface area contributed by atoms with Gasteiger partial charge in [-0.2, -0.15) is 0 Å². The molecule has 2 aromatic carbocycles. The van der Waals surface area contributed by atoms with Crippen LogP contribution in [0.5, 0.6) is 0 Å². The molecule has 1 aromatic heterocycles. The zero-order chi connectivity index (χ0) is 19.4. The SMILES string of the molecule is CCc1cccc(C)c1NC(=O)CSc1nnc(-c2ccccc2Cl)n1C. The fourth-order valence-electron chi connectivity index (χ4n) is 2.83. The summed E-state index contributed by atoms with van der Waals surface area (Å²) in [6.07, 6.45) is 0.870. The summed E-state index contributed by atoms with van der Waals surface area (Å²) in [5, 5.41) is 12.7. The first-order valence-corrected chi connectivity index (χ1v) is 10.0. The zero-order valence-electron chi connectivity index (χ0n) is 15.5. The van der Waals surface area contributed by atoms with E-state index in [1.165, 1.54) is 11.8 Å². The molecule has 3 aromatic rings. The lowest BCUT2D eigenvalue weighted by molar-refractivity contribution is -0.113. The minimum Gasteiger partial charge on any atom is -0.325 e. The number of hydrogen-bond acceptors (Lipinski definition) is 4. The number of aryl methyl sites for hydroxylation is 2. The second-order valence-electron chi connectivity index (χ2n) is 6.14. The van der Waals surface area contributed by atoms with Crippen LogP contribution < -0.4 is 5.32 Å². The van der Waals surface area contributed by atoms with Crippen LogP contribution in [0.3, 0.4) is 0 Å². The highest BCUT2D eigenvalue weighted by atomic mass is 35.5. The largest absolute Gasteiger partial charge is 0.325 e. The van der Waals surface area contributed by atoms with Crippen LogP contribution in [0.15, 0.2) is 47.6 Å². The Balaban J connectivity index is 1.70. The summed E-state index contributed by atoms with van der Waals surface area (Å²) in [7, 11) is 1.87. The molecule has 0 bridgehead atoms. The number of para-hydroxylation sites is 1. The second-order valence-corrected chi connectivity index (χ2v) is 7.49. The summed E-state index contributed by atoms with van der Waals surface area (Å²) in [6, 6.07) is 13.5. The summed E-state index contributed by atoms with van der Waals surface area (Å²) < 4.78 is 1.85. The predicted molar refractivity (Wildman–Crippen MR) is 111 cm³/mol. The van der Waals surface area contributed by atoms with E-state index in [1.54, 1.807) is 0 Å². The molecule has 0 aliphatic rings. The van der Waals surface area contributed by atoms with Crippen molar-refractivity contribution in [2.24, 2.45) is 7.05 Å². The van der Waals surface area contributed by atoms with Gasteiger partial charge in [-0.15, -0.1) is 10.2 Å². The molecule has 7 heteroatoms. The number of nitrogens with one attached hydrogen (secondary N) is 1. The Labute approximate surface area is 168 Å². The predicted octanol–water partition coefficient (Wildman–Crippen LogP) is 4.74. The Hall–Kier alpha value is -2.31. The highest BCUT2D eigenvalue weighted by Crippen LogP contribution is 2.28. The van der Waals surface area contributed by atoms with E-state index >= 15 is 0 Å². The summed E-state index contributed by atoms with van der Waals surface area (Å²) in [5.41, 5.74) is 3.92. The van der Waals surface area contributed by atoms with Gasteiger partial charge in [-0.1, -0.05) is 60.6 Å². The lowest BCUT2D eigenvalue weighted by Gasteiger charge is -2.12. The van der Waals surface area contributed by atoms with Crippen LogP contribution in [0.1, 0.15) is 18.1 Å².